The monoisotopic (exact) mass is 413 g/mol. The average Bonchev–Trinajstić information content (AvgIpc) is 3.20. The van der Waals surface area contributed by atoms with Crippen molar-refractivity contribution in [1.82, 2.24) is 15.2 Å². The van der Waals surface area contributed by atoms with E-state index in [-0.39, 0.29) is 17.9 Å². The molecule has 2 amide bonds. The van der Waals surface area contributed by atoms with E-state index >= 15 is 0 Å². The fourth-order valence-electron chi connectivity index (χ4n) is 2.79. The van der Waals surface area contributed by atoms with Crippen LogP contribution < -0.4 is 5.32 Å². The lowest BCUT2D eigenvalue weighted by Gasteiger charge is -2.19. The molecule has 5 nitrogen and oxygen atoms in total. The molecule has 0 fully saturated rings. The Labute approximate surface area is 173 Å². The Morgan fingerprint density at radius 1 is 1.11 bits per heavy atom. The van der Waals surface area contributed by atoms with Gasteiger partial charge in [0.2, 0.25) is 0 Å². The van der Waals surface area contributed by atoms with Crippen molar-refractivity contribution in [1.29, 1.82) is 0 Å². The summed E-state index contributed by atoms with van der Waals surface area (Å²) >= 11 is 7.57. The molecule has 0 aliphatic heterocycles. The molecule has 0 aliphatic carbocycles. The van der Waals surface area contributed by atoms with Crippen LogP contribution in [0.4, 0.5) is 0 Å². The summed E-state index contributed by atoms with van der Waals surface area (Å²) in [6.07, 6.45) is 0. The number of aromatic nitrogens is 1. The van der Waals surface area contributed by atoms with Gasteiger partial charge in [0.05, 0.1) is 17.3 Å². The molecule has 28 heavy (non-hydrogen) atoms. The van der Waals surface area contributed by atoms with Crippen LogP contribution in [0.2, 0.25) is 5.02 Å². The van der Waals surface area contributed by atoms with Crippen molar-refractivity contribution in [3.8, 4) is 0 Å². The molecular weight excluding hydrogens is 394 g/mol. The number of halogens is 1. The Bertz CT molecular complexity index is 985. The highest BCUT2D eigenvalue weighted by atomic mass is 35.5. The number of hydrogen-bond donors (Lipinski definition) is 1. The maximum Gasteiger partial charge on any atom is 0.271 e. The van der Waals surface area contributed by atoms with Crippen LogP contribution in [0.5, 0.6) is 0 Å². The van der Waals surface area contributed by atoms with Crippen LogP contribution in [0.1, 0.15) is 43.0 Å². The predicted octanol–water partition coefficient (Wildman–Crippen LogP) is 4.33. The number of rotatable bonds is 5. The Morgan fingerprint density at radius 3 is 2.39 bits per heavy atom. The van der Waals surface area contributed by atoms with Crippen molar-refractivity contribution >= 4 is 34.8 Å². The minimum Gasteiger partial charge on any atom is -0.343 e. The normalized spacial score (nSPS) is 11.7. The number of amides is 2. The van der Waals surface area contributed by atoms with Crippen LogP contribution >= 0.6 is 22.9 Å². The minimum absolute atomic E-state index is 0.201. The molecule has 0 radical (unpaired) electrons. The number of aryl methyl sites for hydroxylation is 1. The van der Waals surface area contributed by atoms with Crippen LogP contribution in [-0.2, 0) is 0 Å². The predicted molar refractivity (Wildman–Crippen MR) is 112 cm³/mol. The van der Waals surface area contributed by atoms with Crippen molar-refractivity contribution in [3.05, 3.63) is 86.3 Å². The first-order valence-electron chi connectivity index (χ1n) is 8.66. The maximum atomic E-state index is 13.0. The zero-order chi connectivity index (χ0) is 20.3. The molecule has 0 aliphatic rings. The molecule has 0 saturated carbocycles. The molecule has 1 N–H and O–H groups in total. The molecule has 0 spiro atoms. The van der Waals surface area contributed by atoms with E-state index in [2.05, 4.69) is 10.3 Å². The van der Waals surface area contributed by atoms with E-state index in [4.69, 9.17) is 11.6 Å². The third kappa shape index (κ3) is 4.40. The minimum atomic E-state index is -0.299. The van der Waals surface area contributed by atoms with Gasteiger partial charge in [-0.1, -0.05) is 29.8 Å². The van der Waals surface area contributed by atoms with Crippen molar-refractivity contribution in [3.63, 3.8) is 0 Å². The van der Waals surface area contributed by atoms with Gasteiger partial charge < -0.3 is 10.2 Å². The first kappa shape index (κ1) is 20.0. The van der Waals surface area contributed by atoms with Crippen LogP contribution in [-0.4, -0.2) is 35.8 Å². The average molecular weight is 414 g/mol. The Kier molecular flexibility index (Phi) is 6.11. The molecule has 0 bridgehead atoms. The molecule has 3 aromatic rings. The summed E-state index contributed by atoms with van der Waals surface area (Å²) in [5.41, 5.74) is 2.19. The molecule has 144 valence electrons. The van der Waals surface area contributed by atoms with Gasteiger partial charge in [-0.05, 0) is 48.2 Å². The van der Waals surface area contributed by atoms with Crippen LogP contribution in [0.25, 0.3) is 0 Å². The van der Waals surface area contributed by atoms with E-state index in [1.807, 2.05) is 29.6 Å². The molecule has 1 unspecified atom stereocenters. The number of carbonyl (C=O) groups is 2. The summed E-state index contributed by atoms with van der Waals surface area (Å²) in [4.78, 5) is 31.8. The van der Waals surface area contributed by atoms with Gasteiger partial charge in [0, 0.05) is 24.0 Å². The Hall–Kier alpha value is -2.70. The summed E-state index contributed by atoms with van der Waals surface area (Å²) in [7, 11) is 3.33. The molecule has 1 atom stereocenters. The summed E-state index contributed by atoms with van der Waals surface area (Å²) in [5, 5.41) is 5.69. The lowest BCUT2D eigenvalue weighted by atomic mass is 10.0. The number of pyridine rings is 1. The highest BCUT2D eigenvalue weighted by Gasteiger charge is 2.21. The van der Waals surface area contributed by atoms with Crippen molar-refractivity contribution in [2.24, 2.45) is 0 Å². The highest BCUT2D eigenvalue weighted by molar-refractivity contribution is 7.10. The third-order valence-electron chi connectivity index (χ3n) is 4.26. The largest absolute Gasteiger partial charge is 0.343 e. The van der Waals surface area contributed by atoms with Crippen molar-refractivity contribution in [2.45, 2.75) is 13.0 Å². The number of nitrogens with zero attached hydrogens (tertiary/aromatic N) is 2. The smallest absolute Gasteiger partial charge is 0.271 e. The zero-order valence-corrected chi connectivity index (χ0v) is 17.3. The molecular formula is C21H20ClN3O2S. The Morgan fingerprint density at radius 2 is 1.82 bits per heavy atom. The van der Waals surface area contributed by atoms with E-state index in [0.29, 0.717) is 22.0 Å². The zero-order valence-electron chi connectivity index (χ0n) is 15.8. The van der Waals surface area contributed by atoms with Crippen LogP contribution in [0.15, 0.2) is 53.9 Å². The second-order valence-electron chi connectivity index (χ2n) is 6.50. The molecule has 0 saturated heterocycles. The van der Waals surface area contributed by atoms with Crippen molar-refractivity contribution < 1.29 is 9.59 Å². The van der Waals surface area contributed by atoms with E-state index < -0.39 is 0 Å². The third-order valence-corrected chi connectivity index (χ3v) is 5.45. The molecule has 7 heteroatoms. The van der Waals surface area contributed by atoms with Gasteiger partial charge in [-0.2, -0.15) is 0 Å². The van der Waals surface area contributed by atoms with Gasteiger partial charge in [0.15, 0.2) is 0 Å². The van der Waals surface area contributed by atoms with Gasteiger partial charge in [0.1, 0.15) is 5.69 Å². The van der Waals surface area contributed by atoms with Gasteiger partial charge in [-0.25, -0.2) is 4.98 Å². The number of thiophene rings is 1. The SMILES string of the molecule is Cc1nc(C(=O)N(C)C)ccc1C(=O)NC(c1ccc(Cl)cc1)c1cccs1. The van der Waals surface area contributed by atoms with E-state index in [1.54, 1.807) is 56.6 Å². The quantitative estimate of drug-likeness (QED) is 0.677. The Balaban J connectivity index is 1.88. The number of benzene rings is 1. The molecule has 2 aromatic heterocycles. The van der Waals surface area contributed by atoms with Crippen LogP contribution in [0.3, 0.4) is 0 Å². The highest BCUT2D eigenvalue weighted by Crippen LogP contribution is 2.27. The van der Waals surface area contributed by atoms with Crippen LogP contribution in [0, 0.1) is 6.92 Å². The van der Waals surface area contributed by atoms with Gasteiger partial charge in [0.25, 0.3) is 11.8 Å². The van der Waals surface area contributed by atoms with E-state index in [1.165, 1.54) is 4.90 Å². The summed E-state index contributed by atoms with van der Waals surface area (Å²) < 4.78 is 0. The standard InChI is InChI=1S/C21H20ClN3O2S/c1-13-16(10-11-17(23-13)21(27)25(2)3)20(26)24-19(18-5-4-12-28-18)14-6-8-15(22)9-7-14/h4-12,19H,1-3H3,(H,24,26). The van der Waals surface area contributed by atoms with Gasteiger partial charge in [-0.3, -0.25) is 9.59 Å². The summed E-state index contributed by atoms with van der Waals surface area (Å²) in [5.74, 6) is -0.449. The lowest BCUT2D eigenvalue weighted by molar-refractivity contribution is 0.0820. The van der Waals surface area contributed by atoms with Gasteiger partial charge >= 0.3 is 0 Å². The topological polar surface area (TPSA) is 62.3 Å². The fraction of sp³-hybridized carbons (Fsp3) is 0.190. The number of carbonyl (C=O) groups excluding carboxylic acids is 2. The summed E-state index contributed by atoms with van der Waals surface area (Å²) in [6.45, 7) is 1.73. The molecule has 3 rings (SSSR count). The molecule has 1 aromatic carbocycles. The number of nitrogens with one attached hydrogen (secondary N) is 1. The number of hydrogen-bond acceptors (Lipinski definition) is 4. The van der Waals surface area contributed by atoms with Gasteiger partial charge in [-0.15, -0.1) is 11.3 Å². The lowest BCUT2D eigenvalue weighted by Crippen LogP contribution is -2.30. The summed E-state index contributed by atoms with van der Waals surface area (Å²) in [6, 6.07) is 14.3. The fourth-order valence-corrected chi connectivity index (χ4v) is 3.72. The van der Waals surface area contributed by atoms with Crippen molar-refractivity contribution in [2.75, 3.05) is 14.1 Å². The molecule has 2 heterocycles. The first-order valence-corrected chi connectivity index (χ1v) is 9.91. The first-order chi connectivity index (χ1) is 13.4. The van der Waals surface area contributed by atoms with E-state index in [9.17, 15) is 9.59 Å². The second-order valence-corrected chi connectivity index (χ2v) is 7.92. The maximum absolute atomic E-state index is 13.0. The van der Waals surface area contributed by atoms with E-state index in [0.717, 1.165) is 10.4 Å². The second kappa shape index (κ2) is 8.54.